The second kappa shape index (κ2) is 7.54. The number of aliphatic hydroxyl groups excluding tert-OH is 1. The van der Waals surface area contributed by atoms with Crippen LogP contribution in [0.15, 0.2) is 30.3 Å². The van der Waals surface area contributed by atoms with Gasteiger partial charge in [-0.3, -0.25) is 4.21 Å². The zero-order valence-corrected chi connectivity index (χ0v) is 10.3. The molecule has 90 valence electrons. The van der Waals surface area contributed by atoms with Crippen LogP contribution in [0.5, 0.6) is 0 Å². The summed E-state index contributed by atoms with van der Waals surface area (Å²) in [6, 6.07) is 9.64. The van der Waals surface area contributed by atoms with Crippen LogP contribution in [0.2, 0.25) is 0 Å². The molecule has 2 atom stereocenters. The van der Waals surface area contributed by atoms with Gasteiger partial charge in [-0.15, -0.1) is 0 Å². The van der Waals surface area contributed by atoms with Crippen LogP contribution in [0.4, 0.5) is 0 Å². The summed E-state index contributed by atoms with van der Waals surface area (Å²) in [7, 11) is -1.03. The molecule has 1 N–H and O–H groups in total. The first-order valence-electron chi connectivity index (χ1n) is 5.37. The first kappa shape index (κ1) is 13.4. The zero-order valence-electron chi connectivity index (χ0n) is 9.46. The number of aliphatic hydroxyl groups is 1. The second-order valence-corrected chi connectivity index (χ2v) is 5.05. The van der Waals surface area contributed by atoms with E-state index in [0.29, 0.717) is 12.4 Å². The van der Waals surface area contributed by atoms with E-state index in [1.54, 1.807) is 0 Å². The van der Waals surface area contributed by atoms with Gasteiger partial charge in [-0.1, -0.05) is 30.3 Å². The van der Waals surface area contributed by atoms with Crippen molar-refractivity contribution in [1.82, 2.24) is 0 Å². The van der Waals surface area contributed by atoms with Gasteiger partial charge < -0.3 is 9.84 Å². The van der Waals surface area contributed by atoms with E-state index in [1.165, 1.54) is 0 Å². The van der Waals surface area contributed by atoms with Crippen LogP contribution in [0.1, 0.15) is 12.5 Å². The van der Waals surface area contributed by atoms with Crippen molar-refractivity contribution in [2.45, 2.75) is 18.8 Å². The summed E-state index contributed by atoms with van der Waals surface area (Å²) in [5, 5.41) is 9.51. The van der Waals surface area contributed by atoms with Crippen molar-refractivity contribution in [2.24, 2.45) is 0 Å². The lowest BCUT2D eigenvalue weighted by Crippen LogP contribution is -2.23. The Morgan fingerprint density at radius 1 is 1.38 bits per heavy atom. The quantitative estimate of drug-likeness (QED) is 0.784. The molecule has 0 aliphatic heterocycles. The van der Waals surface area contributed by atoms with Crippen LogP contribution >= 0.6 is 0 Å². The van der Waals surface area contributed by atoms with Gasteiger partial charge in [0.15, 0.2) is 0 Å². The van der Waals surface area contributed by atoms with Crippen LogP contribution in [0, 0.1) is 0 Å². The van der Waals surface area contributed by atoms with Gasteiger partial charge in [-0.2, -0.15) is 0 Å². The van der Waals surface area contributed by atoms with E-state index in [9.17, 15) is 9.32 Å². The van der Waals surface area contributed by atoms with E-state index in [4.69, 9.17) is 4.74 Å². The molecule has 0 aliphatic carbocycles. The van der Waals surface area contributed by atoms with Crippen molar-refractivity contribution in [2.75, 3.05) is 19.0 Å². The Morgan fingerprint density at radius 2 is 2.06 bits per heavy atom. The van der Waals surface area contributed by atoms with E-state index in [-0.39, 0.29) is 12.4 Å². The van der Waals surface area contributed by atoms with Gasteiger partial charge in [0.1, 0.15) is 0 Å². The molecule has 16 heavy (non-hydrogen) atoms. The molecule has 0 unspecified atom stereocenters. The van der Waals surface area contributed by atoms with E-state index >= 15 is 0 Å². The van der Waals surface area contributed by atoms with Gasteiger partial charge in [0.05, 0.1) is 18.5 Å². The van der Waals surface area contributed by atoms with E-state index < -0.39 is 16.9 Å². The lowest BCUT2D eigenvalue weighted by molar-refractivity contribution is 0.0547. The summed E-state index contributed by atoms with van der Waals surface area (Å²) in [4.78, 5) is 0. The van der Waals surface area contributed by atoms with Crippen molar-refractivity contribution in [3.8, 4) is 0 Å². The third-order valence-electron chi connectivity index (χ3n) is 2.06. The first-order valence-corrected chi connectivity index (χ1v) is 6.86. The molecule has 0 aromatic heterocycles. The molecule has 1 rings (SSSR count). The Labute approximate surface area is 98.9 Å². The van der Waals surface area contributed by atoms with Crippen LogP contribution in [-0.2, 0) is 21.3 Å². The summed E-state index contributed by atoms with van der Waals surface area (Å²) in [5.74, 6) is 0.763. The number of hydrogen-bond donors (Lipinski definition) is 1. The second-order valence-electron chi connectivity index (χ2n) is 3.55. The molecular formula is C12H18O3S. The van der Waals surface area contributed by atoms with Gasteiger partial charge >= 0.3 is 0 Å². The first-order chi connectivity index (χ1) is 7.72. The Kier molecular flexibility index (Phi) is 6.30. The minimum atomic E-state index is -1.03. The van der Waals surface area contributed by atoms with Crippen LogP contribution in [0.25, 0.3) is 0 Å². The highest BCUT2D eigenvalue weighted by molar-refractivity contribution is 7.84. The zero-order chi connectivity index (χ0) is 11.8. The smallest absolute Gasteiger partial charge is 0.0888 e. The Morgan fingerprint density at radius 3 is 2.69 bits per heavy atom. The molecule has 0 amide bonds. The molecule has 0 saturated carbocycles. The molecule has 0 heterocycles. The van der Waals surface area contributed by atoms with Crippen LogP contribution in [0.3, 0.4) is 0 Å². The number of rotatable bonds is 7. The topological polar surface area (TPSA) is 46.5 Å². The third-order valence-corrected chi connectivity index (χ3v) is 3.47. The molecule has 0 aliphatic rings. The number of hydrogen-bond acceptors (Lipinski definition) is 3. The highest BCUT2D eigenvalue weighted by Crippen LogP contribution is 2.04. The Hall–Kier alpha value is -0.710. The minimum Gasteiger partial charge on any atom is -0.390 e. The molecule has 1 aromatic carbocycles. The van der Waals surface area contributed by atoms with Crippen LogP contribution < -0.4 is 0 Å². The predicted octanol–water partition coefficient (Wildman–Crippen LogP) is 1.33. The highest BCUT2D eigenvalue weighted by atomic mass is 32.2. The Balaban J connectivity index is 2.31. The fraction of sp³-hybridized carbons (Fsp3) is 0.500. The Bertz CT molecular complexity index is 313. The van der Waals surface area contributed by atoms with E-state index in [0.717, 1.165) is 5.56 Å². The van der Waals surface area contributed by atoms with Crippen LogP contribution in [-0.4, -0.2) is 34.4 Å². The van der Waals surface area contributed by atoms with Gasteiger partial charge in [0, 0.05) is 23.2 Å². The van der Waals surface area contributed by atoms with Crippen molar-refractivity contribution in [3.63, 3.8) is 0 Å². The van der Waals surface area contributed by atoms with E-state index in [1.807, 2.05) is 37.3 Å². The van der Waals surface area contributed by atoms with Crippen molar-refractivity contribution in [3.05, 3.63) is 35.9 Å². The van der Waals surface area contributed by atoms with E-state index in [2.05, 4.69) is 0 Å². The largest absolute Gasteiger partial charge is 0.390 e. The molecule has 0 spiro atoms. The maximum Gasteiger partial charge on any atom is 0.0888 e. The number of ether oxygens (including phenoxy) is 1. The maximum absolute atomic E-state index is 11.7. The summed E-state index contributed by atoms with van der Waals surface area (Å²) in [6.07, 6.45) is -0.635. The molecular weight excluding hydrogens is 224 g/mol. The monoisotopic (exact) mass is 242 g/mol. The fourth-order valence-corrected chi connectivity index (χ4v) is 2.54. The summed E-state index contributed by atoms with van der Waals surface area (Å²) < 4.78 is 16.7. The third kappa shape index (κ3) is 5.39. The molecule has 0 fully saturated rings. The average molecular weight is 242 g/mol. The predicted molar refractivity (Wildman–Crippen MR) is 65.7 cm³/mol. The molecule has 4 heteroatoms. The number of benzene rings is 1. The lowest BCUT2D eigenvalue weighted by Gasteiger charge is -2.09. The lowest BCUT2D eigenvalue weighted by atomic mass is 10.2. The minimum absolute atomic E-state index is 0.261. The maximum atomic E-state index is 11.7. The summed E-state index contributed by atoms with van der Waals surface area (Å²) in [5.41, 5.74) is 1.03. The van der Waals surface area contributed by atoms with Crippen molar-refractivity contribution >= 4 is 10.8 Å². The van der Waals surface area contributed by atoms with Gasteiger partial charge in [0.2, 0.25) is 0 Å². The molecule has 0 saturated heterocycles. The highest BCUT2D eigenvalue weighted by Gasteiger charge is 2.09. The molecule has 1 aromatic rings. The molecule has 3 nitrogen and oxygen atoms in total. The van der Waals surface area contributed by atoms with Crippen molar-refractivity contribution in [1.29, 1.82) is 0 Å². The SMILES string of the molecule is CCOC[C@@H](O)C[S@@](=O)Cc1ccccc1. The van der Waals surface area contributed by atoms with Gasteiger partial charge in [-0.05, 0) is 12.5 Å². The molecule has 0 bridgehead atoms. The van der Waals surface area contributed by atoms with Crippen molar-refractivity contribution < 1.29 is 14.1 Å². The van der Waals surface area contributed by atoms with Gasteiger partial charge in [0.25, 0.3) is 0 Å². The summed E-state index contributed by atoms with van der Waals surface area (Å²) >= 11 is 0. The standard InChI is InChI=1S/C12H18O3S/c1-2-15-8-12(13)10-16(14)9-11-6-4-3-5-7-11/h3-7,12-13H,2,8-10H2,1H3/t12-,16+/m1/s1. The summed E-state index contributed by atoms with van der Waals surface area (Å²) in [6.45, 7) is 2.70. The molecule has 0 radical (unpaired) electrons. The fourth-order valence-electron chi connectivity index (χ4n) is 1.34. The van der Waals surface area contributed by atoms with Gasteiger partial charge in [-0.25, -0.2) is 0 Å². The average Bonchev–Trinajstić information content (AvgIpc) is 2.27. The normalized spacial score (nSPS) is 14.6.